The van der Waals surface area contributed by atoms with Crippen molar-refractivity contribution in [3.8, 4) is 0 Å². The third kappa shape index (κ3) is 3.36. The van der Waals surface area contributed by atoms with Crippen LogP contribution < -0.4 is 5.32 Å². The molecule has 3 rings (SSSR count). The smallest absolute Gasteiger partial charge is 0.291 e. The fourth-order valence-electron chi connectivity index (χ4n) is 2.66. The summed E-state index contributed by atoms with van der Waals surface area (Å²) in [7, 11) is 0. The maximum Gasteiger partial charge on any atom is 0.291 e. The van der Waals surface area contributed by atoms with Gasteiger partial charge in [-0.25, -0.2) is 4.98 Å². The highest BCUT2D eigenvalue weighted by molar-refractivity contribution is 5.91. The number of amides is 2. The molecule has 23 heavy (non-hydrogen) atoms. The number of aromatic nitrogens is 3. The van der Waals surface area contributed by atoms with E-state index in [2.05, 4.69) is 20.3 Å². The number of nitrogens with zero attached hydrogens (tertiary/aromatic N) is 4. The van der Waals surface area contributed by atoms with Gasteiger partial charge in [0.2, 0.25) is 11.7 Å². The van der Waals surface area contributed by atoms with Crippen LogP contribution in [0.3, 0.4) is 0 Å². The first-order chi connectivity index (χ1) is 11.1. The molecule has 0 saturated carbocycles. The molecular weight excluding hydrogens is 298 g/mol. The first kappa shape index (κ1) is 15.1. The van der Waals surface area contributed by atoms with Crippen LogP contribution in [0.1, 0.15) is 47.7 Å². The number of carbonyl (C=O) groups is 2. The van der Waals surface area contributed by atoms with Crippen molar-refractivity contribution in [1.82, 2.24) is 25.2 Å². The van der Waals surface area contributed by atoms with Crippen LogP contribution in [-0.4, -0.2) is 38.2 Å². The summed E-state index contributed by atoms with van der Waals surface area (Å²) in [5.41, 5.74) is 1.38. The average molecular weight is 315 g/mol. The van der Waals surface area contributed by atoms with Gasteiger partial charge < -0.3 is 14.6 Å². The number of hydrogen-bond donors (Lipinski definition) is 1. The monoisotopic (exact) mass is 315 g/mol. The molecule has 3 heterocycles. The summed E-state index contributed by atoms with van der Waals surface area (Å²) >= 11 is 0. The van der Waals surface area contributed by atoms with Gasteiger partial charge in [0.1, 0.15) is 0 Å². The fraction of sp³-hybridized carbons (Fsp3) is 0.400. The molecule has 1 aliphatic heterocycles. The number of likely N-dealkylation sites (tertiary alicyclic amines) is 1. The molecule has 1 aliphatic rings. The van der Waals surface area contributed by atoms with Crippen LogP contribution >= 0.6 is 0 Å². The zero-order valence-electron chi connectivity index (χ0n) is 12.7. The molecule has 0 radical (unpaired) electrons. The number of nitrogens with one attached hydrogen (secondary N) is 1. The zero-order valence-corrected chi connectivity index (χ0v) is 12.7. The Morgan fingerprint density at radius 3 is 2.96 bits per heavy atom. The van der Waals surface area contributed by atoms with Crippen molar-refractivity contribution >= 4 is 11.8 Å². The Morgan fingerprint density at radius 2 is 2.22 bits per heavy atom. The summed E-state index contributed by atoms with van der Waals surface area (Å²) in [5, 5.41) is 2.69. The second-order valence-corrected chi connectivity index (χ2v) is 5.37. The van der Waals surface area contributed by atoms with Crippen molar-refractivity contribution < 1.29 is 14.0 Å². The molecule has 0 unspecified atom stereocenters. The van der Waals surface area contributed by atoms with E-state index in [4.69, 9.17) is 4.42 Å². The van der Waals surface area contributed by atoms with Crippen molar-refractivity contribution in [2.75, 3.05) is 6.54 Å². The van der Waals surface area contributed by atoms with E-state index in [1.165, 1.54) is 19.5 Å². The highest BCUT2D eigenvalue weighted by Crippen LogP contribution is 2.31. The first-order valence-electron chi connectivity index (χ1n) is 7.40. The van der Waals surface area contributed by atoms with E-state index < -0.39 is 0 Å². The molecule has 2 aromatic rings. The Bertz CT molecular complexity index is 701. The van der Waals surface area contributed by atoms with Crippen molar-refractivity contribution in [1.29, 1.82) is 0 Å². The zero-order chi connectivity index (χ0) is 16.2. The normalized spacial score (nSPS) is 17.3. The minimum atomic E-state index is -0.195. The number of carbonyl (C=O) groups excluding carboxylic acids is 2. The Hall–Kier alpha value is -2.77. The predicted molar refractivity (Wildman–Crippen MR) is 79.1 cm³/mol. The van der Waals surface area contributed by atoms with Crippen LogP contribution in [0.5, 0.6) is 0 Å². The number of oxazole rings is 1. The van der Waals surface area contributed by atoms with Gasteiger partial charge >= 0.3 is 0 Å². The molecule has 0 bridgehead atoms. The van der Waals surface area contributed by atoms with Gasteiger partial charge in [0, 0.05) is 13.5 Å². The molecule has 1 fully saturated rings. The van der Waals surface area contributed by atoms with E-state index in [0.717, 1.165) is 18.5 Å². The molecule has 120 valence electrons. The SMILES string of the molecule is CC(=O)NCc1cncc([C@@H]2CCCN2C(=O)c2cnco2)n1. The van der Waals surface area contributed by atoms with E-state index in [1.54, 1.807) is 17.3 Å². The number of hydrogen-bond acceptors (Lipinski definition) is 6. The first-order valence-corrected chi connectivity index (χ1v) is 7.40. The summed E-state index contributed by atoms with van der Waals surface area (Å²) in [6.07, 6.45) is 7.63. The standard InChI is InChI=1S/C15H17N5O3/c1-10(21)18-6-11-5-16-7-12(19-11)13-3-2-4-20(13)15(22)14-8-17-9-23-14/h5,7-9,13H,2-4,6H2,1H3,(H,18,21)/t13-/m0/s1. The quantitative estimate of drug-likeness (QED) is 0.906. The summed E-state index contributed by atoms with van der Waals surface area (Å²) < 4.78 is 5.09. The third-order valence-corrected chi connectivity index (χ3v) is 3.72. The van der Waals surface area contributed by atoms with E-state index in [-0.39, 0.29) is 23.6 Å². The van der Waals surface area contributed by atoms with Gasteiger partial charge in [0.15, 0.2) is 6.39 Å². The third-order valence-electron chi connectivity index (χ3n) is 3.72. The predicted octanol–water partition coefficient (Wildman–Crippen LogP) is 1.08. The van der Waals surface area contributed by atoms with Crippen LogP contribution in [0, 0.1) is 0 Å². The summed E-state index contributed by atoms with van der Waals surface area (Å²) in [5.74, 6) is -0.0986. The fourth-order valence-corrected chi connectivity index (χ4v) is 2.66. The van der Waals surface area contributed by atoms with Crippen molar-refractivity contribution in [3.05, 3.63) is 42.1 Å². The lowest BCUT2D eigenvalue weighted by Crippen LogP contribution is -2.31. The van der Waals surface area contributed by atoms with E-state index in [9.17, 15) is 9.59 Å². The van der Waals surface area contributed by atoms with Gasteiger partial charge in [-0.05, 0) is 12.8 Å². The van der Waals surface area contributed by atoms with Crippen molar-refractivity contribution in [3.63, 3.8) is 0 Å². The second kappa shape index (κ2) is 6.55. The highest BCUT2D eigenvalue weighted by Gasteiger charge is 2.33. The molecule has 8 nitrogen and oxygen atoms in total. The molecule has 0 aromatic carbocycles. The highest BCUT2D eigenvalue weighted by atomic mass is 16.3. The Morgan fingerprint density at radius 1 is 1.35 bits per heavy atom. The molecule has 2 amide bonds. The van der Waals surface area contributed by atoms with Crippen LogP contribution in [0.25, 0.3) is 0 Å². The molecule has 0 spiro atoms. The van der Waals surface area contributed by atoms with Crippen molar-refractivity contribution in [2.45, 2.75) is 32.4 Å². The van der Waals surface area contributed by atoms with Gasteiger partial charge in [0.05, 0.1) is 42.6 Å². The van der Waals surface area contributed by atoms with Crippen LogP contribution in [0.15, 0.2) is 29.4 Å². The van der Waals surface area contributed by atoms with E-state index in [0.29, 0.717) is 18.8 Å². The van der Waals surface area contributed by atoms with Crippen molar-refractivity contribution in [2.24, 2.45) is 0 Å². The van der Waals surface area contributed by atoms with Crippen LogP contribution in [-0.2, 0) is 11.3 Å². The summed E-state index contributed by atoms with van der Waals surface area (Å²) in [4.78, 5) is 37.7. The van der Waals surface area contributed by atoms with Gasteiger partial charge in [0.25, 0.3) is 5.91 Å². The number of rotatable bonds is 4. The van der Waals surface area contributed by atoms with E-state index in [1.807, 2.05) is 0 Å². The Labute approximate surface area is 132 Å². The largest absolute Gasteiger partial charge is 0.438 e. The molecule has 8 heteroatoms. The summed E-state index contributed by atoms with van der Waals surface area (Å²) in [6, 6.07) is -0.141. The molecule has 1 N–H and O–H groups in total. The molecule has 0 aliphatic carbocycles. The van der Waals surface area contributed by atoms with Crippen LogP contribution in [0.4, 0.5) is 0 Å². The Balaban J connectivity index is 1.78. The van der Waals surface area contributed by atoms with Gasteiger partial charge in [-0.3, -0.25) is 19.6 Å². The lowest BCUT2D eigenvalue weighted by atomic mass is 10.1. The minimum absolute atomic E-state index is 0.125. The van der Waals surface area contributed by atoms with Gasteiger partial charge in [-0.1, -0.05) is 0 Å². The maximum absolute atomic E-state index is 12.5. The Kier molecular flexibility index (Phi) is 4.31. The molecule has 1 atom stereocenters. The second-order valence-electron chi connectivity index (χ2n) is 5.37. The van der Waals surface area contributed by atoms with Crippen LogP contribution in [0.2, 0.25) is 0 Å². The molecule has 2 aromatic heterocycles. The average Bonchev–Trinajstić information content (AvgIpc) is 3.23. The summed E-state index contributed by atoms with van der Waals surface area (Å²) in [6.45, 7) is 2.41. The molecule has 1 saturated heterocycles. The minimum Gasteiger partial charge on any atom is -0.438 e. The molecular formula is C15H17N5O3. The van der Waals surface area contributed by atoms with E-state index >= 15 is 0 Å². The lowest BCUT2D eigenvalue weighted by molar-refractivity contribution is -0.119. The maximum atomic E-state index is 12.5. The van der Waals surface area contributed by atoms with Gasteiger partial charge in [-0.2, -0.15) is 0 Å². The lowest BCUT2D eigenvalue weighted by Gasteiger charge is -2.23. The topological polar surface area (TPSA) is 101 Å². The van der Waals surface area contributed by atoms with Gasteiger partial charge in [-0.15, -0.1) is 0 Å².